The molecule has 2 aromatic rings. The van der Waals surface area contributed by atoms with Crippen molar-refractivity contribution in [3.05, 3.63) is 36.0 Å². The number of rotatable bonds is 4. The number of nitrogens with zero attached hydrogens (tertiary/aromatic N) is 2. The number of carbonyl (C=O) groups excluding carboxylic acids is 1. The van der Waals surface area contributed by atoms with Gasteiger partial charge in [0.1, 0.15) is 0 Å². The van der Waals surface area contributed by atoms with Crippen molar-refractivity contribution in [1.29, 1.82) is 0 Å². The molecule has 2 heterocycles. The molecule has 1 aromatic heterocycles. The molecule has 1 unspecified atom stereocenters. The Hall–Kier alpha value is -1.85. The molecule has 3 N–H and O–H groups in total. The summed E-state index contributed by atoms with van der Waals surface area (Å²) < 4.78 is 2.32. The first-order chi connectivity index (χ1) is 10.2. The number of carbonyl (C=O) groups is 1. The summed E-state index contributed by atoms with van der Waals surface area (Å²) in [6.07, 6.45) is 0. The molecule has 1 amide bonds. The number of amides is 1. The molecule has 1 aliphatic rings. The number of aromatic nitrogens is 1. The Labute approximate surface area is 124 Å². The standard InChI is InChI=1S/C16H22N4O/c1-12(18-7-6-17)16(21)19-8-9-20-14(11-19)10-13-4-2-3-5-15(13)20/h2-5,10,12,18H,6-9,11,17H2,1H3. The van der Waals surface area contributed by atoms with Crippen LogP contribution in [0.25, 0.3) is 10.9 Å². The van der Waals surface area contributed by atoms with Gasteiger partial charge in [0.2, 0.25) is 5.91 Å². The van der Waals surface area contributed by atoms with Gasteiger partial charge >= 0.3 is 0 Å². The first kappa shape index (κ1) is 14.1. The highest BCUT2D eigenvalue weighted by atomic mass is 16.2. The Morgan fingerprint density at radius 1 is 1.38 bits per heavy atom. The lowest BCUT2D eigenvalue weighted by atomic mass is 10.2. The predicted octanol–water partition coefficient (Wildman–Crippen LogP) is 0.920. The molecule has 0 saturated carbocycles. The predicted molar refractivity (Wildman–Crippen MR) is 83.9 cm³/mol. The smallest absolute Gasteiger partial charge is 0.239 e. The molecule has 5 heteroatoms. The number of nitrogens with one attached hydrogen (secondary N) is 1. The van der Waals surface area contributed by atoms with Gasteiger partial charge in [0.25, 0.3) is 0 Å². The minimum atomic E-state index is -0.176. The van der Waals surface area contributed by atoms with E-state index in [0.717, 1.165) is 13.1 Å². The van der Waals surface area contributed by atoms with Crippen LogP contribution >= 0.6 is 0 Å². The number of benzene rings is 1. The second-order valence-corrected chi connectivity index (χ2v) is 5.57. The van der Waals surface area contributed by atoms with Gasteiger partial charge in [-0.1, -0.05) is 18.2 Å². The maximum absolute atomic E-state index is 12.4. The maximum atomic E-state index is 12.4. The Balaban J connectivity index is 1.76. The molecule has 0 radical (unpaired) electrons. The van der Waals surface area contributed by atoms with Crippen LogP contribution < -0.4 is 11.1 Å². The van der Waals surface area contributed by atoms with Crippen LogP contribution in [-0.4, -0.2) is 41.1 Å². The van der Waals surface area contributed by atoms with E-state index in [1.807, 2.05) is 11.8 Å². The third kappa shape index (κ3) is 2.66. The van der Waals surface area contributed by atoms with Crippen molar-refractivity contribution in [3.8, 4) is 0 Å². The molecule has 1 aromatic carbocycles. The van der Waals surface area contributed by atoms with Crippen LogP contribution in [0.15, 0.2) is 30.3 Å². The van der Waals surface area contributed by atoms with Crippen molar-refractivity contribution in [2.24, 2.45) is 5.73 Å². The minimum absolute atomic E-state index is 0.153. The molecule has 0 spiro atoms. The van der Waals surface area contributed by atoms with Crippen LogP contribution in [0.1, 0.15) is 12.6 Å². The topological polar surface area (TPSA) is 63.3 Å². The Morgan fingerprint density at radius 2 is 2.19 bits per heavy atom. The van der Waals surface area contributed by atoms with Crippen molar-refractivity contribution in [2.75, 3.05) is 19.6 Å². The molecule has 0 fully saturated rings. The van der Waals surface area contributed by atoms with Crippen LogP contribution in [0.5, 0.6) is 0 Å². The first-order valence-electron chi connectivity index (χ1n) is 7.50. The highest BCUT2D eigenvalue weighted by molar-refractivity contribution is 5.83. The highest BCUT2D eigenvalue weighted by Gasteiger charge is 2.25. The van der Waals surface area contributed by atoms with Gasteiger partial charge in [-0.2, -0.15) is 0 Å². The van der Waals surface area contributed by atoms with Gasteiger partial charge in [0.05, 0.1) is 12.6 Å². The van der Waals surface area contributed by atoms with Gasteiger partial charge in [-0.25, -0.2) is 0 Å². The molecule has 0 aliphatic carbocycles. The van der Waals surface area contributed by atoms with E-state index in [2.05, 4.69) is 40.2 Å². The number of hydrogen-bond acceptors (Lipinski definition) is 3. The fourth-order valence-corrected chi connectivity index (χ4v) is 3.01. The lowest BCUT2D eigenvalue weighted by Gasteiger charge is -2.31. The third-order valence-corrected chi connectivity index (χ3v) is 4.12. The van der Waals surface area contributed by atoms with Gasteiger partial charge in [-0.05, 0) is 24.4 Å². The van der Waals surface area contributed by atoms with Gasteiger partial charge < -0.3 is 20.5 Å². The van der Waals surface area contributed by atoms with E-state index in [4.69, 9.17) is 5.73 Å². The summed E-state index contributed by atoms with van der Waals surface area (Å²) in [5.74, 6) is 0.153. The van der Waals surface area contributed by atoms with Crippen molar-refractivity contribution in [1.82, 2.24) is 14.8 Å². The zero-order valence-electron chi connectivity index (χ0n) is 12.4. The van der Waals surface area contributed by atoms with Crippen molar-refractivity contribution >= 4 is 16.8 Å². The quantitative estimate of drug-likeness (QED) is 0.878. The largest absolute Gasteiger partial charge is 0.341 e. The SMILES string of the molecule is CC(NCCN)C(=O)N1CCn2c(cc3ccccc32)C1. The van der Waals surface area contributed by atoms with E-state index in [-0.39, 0.29) is 11.9 Å². The van der Waals surface area contributed by atoms with Crippen LogP contribution in [0.3, 0.4) is 0 Å². The molecular formula is C16H22N4O. The minimum Gasteiger partial charge on any atom is -0.341 e. The van der Waals surface area contributed by atoms with Crippen molar-refractivity contribution < 1.29 is 4.79 Å². The monoisotopic (exact) mass is 286 g/mol. The Morgan fingerprint density at radius 3 is 3.00 bits per heavy atom. The van der Waals surface area contributed by atoms with Crippen LogP contribution in [-0.2, 0) is 17.9 Å². The zero-order valence-corrected chi connectivity index (χ0v) is 12.4. The number of para-hydroxylation sites is 1. The fraction of sp³-hybridized carbons (Fsp3) is 0.438. The molecule has 0 bridgehead atoms. The van der Waals surface area contributed by atoms with E-state index >= 15 is 0 Å². The summed E-state index contributed by atoms with van der Waals surface area (Å²) >= 11 is 0. The summed E-state index contributed by atoms with van der Waals surface area (Å²) in [5, 5.41) is 4.40. The summed E-state index contributed by atoms with van der Waals surface area (Å²) in [4.78, 5) is 14.4. The average Bonchev–Trinajstić information content (AvgIpc) is 2.89. The van der Waals surface area contributed by atoms with E-state index in [9.17, 15) is 4.79 Å². The molecule has 21 heavy (non-hydrogen) atoms. The highest BCUT2D eigenvalue weighted by Crippen LogP contribution is 2.24. The lowest BCUT2D eigenvalue weighted by Crippen LogP contribution is -2.48. The first-order valence-corrected chi connectivity index (χ1v) is 7.50. The molecule has 3 rings (SSSR count). The van der Waals surface area contributed by atoms with Gasteiger partial charge in [-0.3, -0.25) is 4.79 Å². The second kappa shape index (κ2) is 5.87. The van der Waals surface area contributed by atoms with Crippen LogP contribution in [0, 0.1) is 0 Å². The van der Waals surface area contributed by atoms with E-state index in [1.165, 1.54) is 16.6 Å². The normalized spacial score (nSPS) is 16.0. The molecule has 1 aliphatic heterocycles. The average molecular weight is 286 g/mol. The number of nitrogens with two attached hydrogens (primary N) is 1. The van der Waals surface area contributed by atoms with Gasteiger partial charge in [-0.15, -0.1) is 0 Å². The van der Waals surface area contributed by atoms with E-state index in [0.29, 0.717) is 19.6 Å². The summed E-state index contributed by atoms with van der Waals surface area (Å²) in [6.45, 7) is 5.43. The number of hydrogen-bond donors (Lipinski definition) is 2. The molecule has 5 nitrogen and oxygen atoms in total. The van der Waals surface area contributed by atoms with Crippen LogP contribution in [0.2, 0.25) is 0 Å². The summed E-state index contributed by atoms with van der Waals surface area (Å²) in [6, 6.07) is 10.4. The molecule has 0 saturated heterocycles. The molecular weight excluding hydrogens is 264 g/mol. The zero-order chi connectivity index (χ0) is 14.8. The van der Waals surface area contributed by atoms with E-state index in [1.54, 1.807) is 0 Å². The second-order valence-electron chi connectivity index (χ2n) is 5.57. The Kier molecular flexibility index (Phi) is 3.94. The lowest BCUT2D eigenvalue weighted by molar-refractivity contribution is -0.134. The molecule has 1 atom stereocenters. The van der Waals surface area contributed by atoms with Crippen molar-refractivity contribution in [3.63, 3.8) is 0 Å². The fourth-order valence-electron chi connectivity index (χ4n) is 3.01. The van der Waals surface area contributed by atoms with E-state index < -0.39 is 0 Å². The van der Waals surface area contributed by atoms with Crippen LogP contribution in [0.4, 0.5) is 0 Å². The maximum Gasteiger partial charge on any atom is 0.239 e. The summed E-state index contributed by atoms with van der Waals surface area (Å²) in [7, 11) is 0. The summed E-state index contributed by atoms with van der Waals surface area (Å²) in [5.41, 5.74) is 7.94. The van der Waals surface area contributed by atoms with Crippen molar-refractivity contribution in [2.45, 2.75) is 26.1 Å². The third-order valence-electron chi connectivity index (χ3n) is 4.12. The van der Waals surface area contributed by atoms with Gasteiger partial charge in [0.15, 0.2) is 0 Å². The Bertz CT molecular complexity index is 649. The number of fused-ring (bicyclic) bond motifs is 3. The van der Waals surface area contributed by atoms with Gasteiger partial charge in [0, 0.05) is 37.4 Å². The molecule has 112 valence electrons.